The molecule has 0 fully saturated rings. The van der Waals surface area contributed by atoms with Gasteiger partial charge in [0.25, 0.3) is 0 Å². The monoisotopic (exact) mass is 188 g/mol. The van der Waals surface area contributed by atoms with E-state index >= 15 is 0 Å². The lowest BCUT2D eigenvalue weighted by Gasteiger charge is -2.22. The molecule has 0 aliphatic heterocycles. The van der Waals surface area contributed by atoms with E-state index in [2.05, 4.69) is 10.6 Å². The number of hydrogen-bond donors (Lipinski definition) is 3. The van der Waals surface area contributed by atoms with Gasteiger partial charge in [-0.2, -0.15) is 0 Å². The maximum absolute atomic E-state index is 11.2. The van der Waals surface area contributed by atoms with E-state index in [1.54, 1.807) is 20.9 Å². The molecule has 0 heterocycles. The summed E-state index contributed by atoms with van der Waals surface area (Å²) in [6.45, 7) is 3.72. The van der Waals surface area contributed by atoms with Crippen LogP contribution in [0.1, 0.15) is 13.8 Å². The van der Waals surface area contributed by atoms with Gasteiger partial charge >= 0.3 is 5.97 Å². The highest BCUT2D eigenvalue weighted by molar-refractivity contribution is 5.81. The van der Waals surface area contributed by atoms with Crippen molar-refractivity contribution in [1.82, 2.24) is 10.6 Å². The summed E-state index contributed by atoms with van der Waals surface area (Å²) in [4.78, 5) is 21.4. The fourth-order valence-corrected chi connectivity index (χ4v) is 0.901. The standard InChI is InChI=1S/C8H16N2O3/c1-8(2,7(13)9-3)5-10-4-6(11)12/h10H,4-5H2,1-3H3,(H,9,13)(H,11,12). The van der Waals surface area contributed by atoms with Crippen LogP contribution in [0, 0.1) is 5.41 Å². The Morgan fingerprint density at radius 1 is 1.38 bits per heavy atom. The van der Waals surface area contributed by atoms with Crippen LogP contribution in [0.25, 0.3) is 0 Å². The molecule has 0 aromatic carbocycles. The van der Waals surface area contributed by atoms with Gasteiger partial charge in [0.2, 0.25) is 5.91 Å². The Labute approximate surface area is 77.5 Å². The maximum Gasteiger partial charge on any atom is 0.317 e. The summed E-state index contributed by atoms with van der Waals surface area (Å²) in [5.41, 5.74) is -0.579. The van der Waals surface area contributed by atoms with Crippen molar-refractivity contribution < 1.29 is 14.7 Å². The number of carboxylic acid groups (broad SMARTS) is 1. The van der Waals surface area contributed by atoms with E-state index < -0.39 is 11.4 Å². The first-order chi connectivity index (χ1) is 5.90. The van der Waals surface area contributed by atoms with Crippen molar-refractivity contribution in [3.8, 4) is 0 Å². The normalized spacial score (nSPS) is 11.0. The van der Waals surface area contributed by atoms with Gasteiger partial charge in [-0.05, 0) is 13.8 Å². The highest BCUT2D eigenvalue weighted by Crippen LogP contribution is 2.12. The van der Waals surface area contributed by atoms with Gasteiger partial charge in [0, 0.05) is 13.6 Å². The average Bonchev–Trinajstić information content (AvgIpc) is 2.01. The fraction of sp³-hybridized carbons (Fsp3) is 0.750. The molecular formula is C8H16N2O3. The summed E-state index contributed by atoms with van der Waals surface area (Å²) >= 11 is 0. The van der Waals surface area contributed by atoms with Crippen LogP contribution in [0.2, 0.25) is 0 Å². The largest absolute Gasteiger partial charge is 0.480 e. The van der Waals surface area contributed by atoms with Crippen LogP contribution >= 0.6 is 0 Å². The van der Waals surface area contributed by atoms with Crippen molar-refractivity contribution in [3.63, 3.8) is 0 Å². The van der Waals surface area contributed by atoms with Crippen LogP contribution in [0.4, 0.5) is 0 Å². The Kier molecular flexibility index (Phi) is 4.40. The van der Waals surface area contributed by atoms with E-state index in [4.69, 9.17) is 5.11 Å². The number of aliphatic carboxylic acids is 1. The predicted molar refractivity (Wildman–Crippen MR) is 48.4 cm³/mol. The highest BCUT2D eigenvalue weighted by atomic mass is 16.4. The summed E-state index contributed by atoms with van der Waals surface area (Å²) < 4.78 is 0. The lowest BCUT2D eigenvalue weighted by molar-refractivity contribution is -0.136. The summed E-state index contributed by atoms with van der Waals surface area (Å²) in [7, 11) is 1.56. The van der Waals surface area contributed by atoms with Gasteiger partial charge in [-0.15, -0.1) is 0 Å². The first kappa shape index (κ1) is 11.9. The van der Waals surface area contributed by atoms with E-state index in [0.717, 1.165) is 0 Å². The molecule has 0 aliphatic rings. The Morgan fingerprint density at radius 2 is 1.92 bits per heavy atom. The number of hydrogen-bond acceptors (Lipinski definition) is 3. The number of carboxylic acids is 1. The highest BCUT2D eigenvalue weighted by Gasteiger charge is 2.25. The second kappa shape index (κ2) is 4.81. The summed E-state index contributed by atoms with van der Waals surface area (Å²) in [6, 6.07) is 0. The molecule has 0 saturated carbocycles. The molecule has 5 heteroatoms. The Bertz CT molecular complexity index is 202. The first-order valence-corrected chi connectivity index (χ1v) is 4.05. The van der Waals surface area contributed by atoms with Crippen molar-refractivity contribution in [2.24, 2.45) is 5.41 Å². The molecule has 0 radical (unpaired) electrons. The SMILES string of the molecule is CNC(=O)C(C)(C)CNCC(=O)O. The molecule has 0 bridgehead atoms. The molecule has 13 heavy (non-hydrogen) atoms. The third-order valence-corrected chi connectivity index (χ3v) is 1.68. The minimum absolute atomic E-state index is 0.106. The average molecular weight is 188 g/mol. The van der Waals surface area contributed by atoms with Crippen molar-refractivity contribution in [3.05, 3.63) is 0 Å². The molecule has 0 unspecified atom stereocenters. The smallest absolute Gasteiger partial charge is 0.317 e. The number of carbonyl (C=O) groups excluding carboxylic acids is 1. The molecular weight excluding hydrogens is 172 g/mol. The molecule has 0 aromatic rings. The third-order valence-electron chi connectivity index (χ3n) is 1.68. The third kappa shape index (κ3) is 4.47. The van der Waals surface area contributed by atoms with Crippen molar-refractivity contribution in [2.75, 3.05) is 20.1 Å². The number of rotatable bonds is 5. The molecule has 0 atom stereocenters. The van der Waals surface area contributed by atoms with E-state index in [1.165, 1.54) is 0 Å². The Balaban J connectivity index is 3.89. The molecule has 76 valence electrons. The zero-order valence-electron chi connectivity index (χ0n) is 8.18. The second-order valence-corrected chi connectivity index (χ2v) is 3.46. The van der Waals surface area contributed by atoms with Crippen LogP contribution in [0.3, 0.4) is 0 Å². The van der Waals surface area contributed by atoms with Crippen LogP contribution in [0.15, 0.2) is 0 Å². The summed E-state index contributed by atoms with van der Waals surface area (Å²) in [5, 5.41) is 13.5. The lowest BCUT2D eigenvalue weighted by Crippen LogP contribution is -2.43. The van der Waals surface area contributed by atoms with Crippen LogP contribution < -0.4 is 10.6 Å². The topological polar surface area (TPSA) is 78.4 Å². The molecule has 3 N–H and O–H groups in total. The van der Waals surface area contributed by atoms with Gasteiger partial charge in [0.1, 0.15) is 0 Å². The number of amides is 1. The summed E-state index contributed by atoms with van der Waals surface area (Å²) in [5.74, 6) is -1.03. The van der Waals surface area contributed by atoms with Crippen LogP contribution in [0.5, 0.6) is 0 Å². The maximum atomic E-state index is 11.2. The minimum atomic E-state index is -0.923. The summed E-state index contributed by atoms with van der Waals surface area (Å²) in [6.07, 6.45) is 0. The van der Waals surface area contributed by atoms with Gasteiger partial charge in [-0.1, -0.05) is 0 Å². The Morgan fingerprint density at radius 3 is 2.31 bits per heavy atom. The minimum Gasteiger partial charge on any atom is -0.480 e. The number of carbonyl (C=O) groups is 2. The van der Waals surface area contributed by atoms with E-state index in [-0.39, 0.29) is 12.5 Å². The zero-order valence-corrected chi connectivity index (χ0v) is 8.18. The van der Waals surface area contributed by atoms with E-state index in [1.807, 2.05) is 0 Å². The quantitative estimate of drug-likeness (QED) is 0.540. The lowest BCUT2D eigenvalue weighted by atomic mass is 9.92. The molecule has 0 spiro atoms. The van der Waals surface area contributed by atoms with Gasteiger partial charge in [-0.25, -0.2) is 0 Å². The number of nitrogens with one attached hydrogen (secondary N) is 2. The molecule has 0 aliphatic carbocycles. The zero-order chi connectivity index (χ0) is 10.5. The fourth-order valence-electron chi connectivity index (χ4n) is 0.901. The van der Waals surface area contributed by atoms with Gasteiger partial charge < -0.3 is 15.7 Å². The first-order valence-electron chi connectivity index (χ1n) is 4.05. The van der Waals surface area contributed by atoms with E-state index in [9.17, 15) is 9.59 Å². The van der Waals surface area contributed by atoms with Gasteiger partial charge in [-0.3, -0.25) is 9.59 Å². The molecule has 5 nitrogen and oxygen atoms in total. The van der Waals surface area contributed by atoms with Gasteiger partial charge in [0.05, 0.1) is 12.0 Å². The molecule has 0 aromatic heterocycles. The van der Waals surface area contributed by atoms with Crippen molar-refractivity contribution >= 4 is 11.9 Å². The van der Waals surface area contributed by atoms with Crippen LogP contribution in [-0.4, -0.2) is 37.1 Å². The predicted octanol–water partition coefficient (Wildman–Crippen LogP) is -0.567. The molecule has 0 saturated heterocycles. The van der Waals surface area contributed by atoms with E-state index in [0.29, 0.717) is 6.54 Å². The van der Waals surface area contributed by atoms with Gasteiger partial charge in [0.15, 0.2) is 0 Å². The molecule has 0 rings (SSSR count). The Hall–Kier alpha value is -1.10. The van der Waals surface area contributed by atoms with Crippen molar-refractivity contribution in [2.45, 2.75) is 13.8 Å². The molecule has 1 amide bonds. The van der Waals surface area contributed by atoms with Crippen molar-refractivity contribution in [1.29, 1.82) is 0 Å². The second-order valence-electron chi connectivity index (χ2n) is 3.46. The van der Waals surface area contributed by atoms with Crippen LogP contribution in [-0.2, 0) is 9.59 Å².